The van der Waals surface area contributed by atoms with Crippen LogP contribution in [0.3, 0.4) is 0 Å². The maximum atomic E-state index is 3.67. The highest BCUT2D eigenvalue weighted by atomic mass is 15.2. The third-order valence-corrected chi connectivity index (χ3v) is 5.35. The molecule has 0 amide bonds. The highest BCUT2D eigenvalue weighted by Crippen LogP contribution is 2.33. The smallest absolute Gasteiger partial charge is 0.0375 e. The van der Waals surface area contributed by atoms with Crippen molar-refractivity contribution in [1.82, 2.24) is 15.1 Å². The SMILES string of the molecule is CNC(C1CCCC(C)C1)C1CN(C)CCCN1C. The molecule has 1 saturated heterocycles. The van der Waals surface area contributed by atoms with Gasteiger partial charge in [-0.1, -0.05) is 19.8 Å². The van der Waals surface area contributed by atoms with Crippen molar-refractivity contribution < 1.29 is 0 Å². The normalized spacial score (nSPS) is 36.9. The van der Waals surface area contributed by atoms with Crippen molar-refractivity contribution in [1.29, 1.82) is 0 Å². The Morgan fingerprint density at radius 1 is 1.11 bits per heavy atom. The lowest BCUT2D eigenvalue weighted by Gasteiger charge is -2.41. The number of nitrogens with one attached hydrogen (secondary N) is 1. The van der Waals surface area contributed by atoms with Crippen LogP contribution < -0.4 is 5.32 Å². The van der Waals surface area contributed by atoms with Crippen molar-refractivity contribution >= 4 is 0 Å². The monoisotopic (exact) mass is 267 g/mol. The Hall–Kier alpha value is -0.120. The number of likely N-dealkylation sites (N-methyl/N-ethyl adjacent to an activating group) is 3. The quantitative estimate of drug-likeness (QED) is 0.844. The zero-order chi connectivity index (χ0) is 13.8. The molecule has 0 bridgehead atoms. The minimum Gasteiger partial charge on any atom is -0.315 e. The zero-order valence-electron chi connectivity index (χ0n) is 13.4. The molecule has 1 heterocycles. The molecule has 1 aliphatic heterocycles. The molecule has 2 rings (SSSR count). The molecule has 19 heavy (non-hydrogen) atoms. The Labute approximate surface area is 119 Å². The van der Waals surface area contributed by atoms with Crippen LogP contribution in [0.15, 0.2) is 0 Å². The molecule has 1 N–H and O–H groups in total. The number of hydrogen-bond donors (Lipinski definition) is 1. The minimum absolute atomic E-state index is 0.660. The van der Waals surface area contributed by atoms with E-state index < -0.39 is 0 Å². The fourth-order valence-corrected chi connectivity index (χ4v) is 4.24. The van der Waals surface area contributed by atoms with Crippen molar-refractivity contribution in [3.05, 3.63) is 0 Å². The zero-order valence-corrected chi connectivity index (χ0v) is 13.4. The van der Waals surface area contributed by atoms with Crippen LogP contribution in [0.1, 0.15) is 39.0 Å². The highest BCUT2D eigenvalue weighted by Gasteiger charge is 2.34. The predicted octanol–water partition coefficient (Wildman–Crippen LogP) is 2.04. The molecule has 1 saturated carbocycles. The highest BCUT2D eigenvalue weighted by molar-refractivity contribution is 4.92. The van der Waals surface area contributed by atoms with Crippen LogP contribution in [0, 0.1) is 11.8 Å². The first-order valence-electron chi connectivity index (χ1n) is 8.18. The van der Waals surface area contributed by atoms with Gasteiger partial charge in [0.1, 0.15) is 0 Å². The van der Waals surface area contributed by atoms with E-state index in [1.807, 2.05) is 0 Å². The van der Waals surface area contributed by atoms with Crippen LogP contribution in [0.25, 0.3) is 0 Å². The van der Waals surface area contributed by atoms with Gasteiger partial charge < -0.3 is 15.1 Å². The van der Waals surface area contributed by atoms with Gasteiger partial charge in [-0.05, 0) is 65.3 Å². The van der Waals surface area contributed by atoms with Crippen LogP contribution in [-0.4, -0.2) is 62.7 Å². The van der Waals surface area contributed by atoms with Gasteiger partial charge in [0.05, 0.1) is 0 Å². The van der Waals surface area contributed by atoms with Crippen molar-refractivity contribution in [2.45, 2.75) is 51.1 Å². The lowest BCUT2D eigenvalue weighted by molar-refractivity contribution is 0.119. The minimum atomic E-state index is 0.660. The summed E-state index contributed by atoms with van der Waals surface area (Å²) in [5.41, 5.74) is 0. The molecule has 0 radical (unpaired) electrons. The maximum Gasteiger partial charge on any atom is 0.0375 e. The molecule has 0 aromatic heterocycles. The Balaban J connectivity index is 2.05. The molecule has 2 aliphatic rings. The lowest BCUT2D eigenvalue weighted by atomic mass is 9.76. The van der Waals surface area contributed by atoms with Crippen molar-refractivity contribution in [2.75, 3.05) is 40.8 Å². The Morgan fingerprint density at radius 3 is 2.58 bits per heavy atom. The predicted molar refractivity (Wildman–Crippen MR) is 82.5 cm³/mol. The molecule has 0 aromatic rings. The summed E-state index contributed by atoms with van der Waals surface area (Å²) in [4.78, 5) is 5.12. The lowest BCUT2D eigenvalue weighted by Crippen LogP contribution is -2.55. The van der Waals surface area contributed by atoms with Crippen LogP contribution in [0.4, 0.5) is 0 Å². The fourth-order valence-electron chi connectivity index (χ4n) is 4.24. The van der Waals surface area contributed by atoms with Gasteiger partial charge in [-0.2, -0.15) is 0 Å². The largest absolute Gasteiger partial charge is 0.315 e. The topological polar surface area (TPSA) is 18.5 Å². The van der Waals surface area contributed by atoms with E-state index in [0.29, 0.717) is 12.1 Å². The average molecular weight is 267 g/mol. The Bertz CT molecular complexity index is 269. The van der Waals surface area contributed by atoms with Crippen molar-refractivity contribution in [3.63, 3.8) is 0 Å². The molecule has 112 valence electrons. The molecule has 0 spiro atoms. The van der Waals surface area contributed by atoms with Crippen molar-refractivity contribution in [3.8, 4) is 0 Å². The summed E-state index contributed by atoms with van der Waals surface area (Å²) < 4.78 is 0. The van der Waals surface area contributed by atoms with Crippen LogP contribution >= 0.6 is 0 Å². The second kappa shape index (κ2) is 7.05. The van der Waals surface area contributed by atoms with E-state index >= 15 is 0 Å². The van der Waals surface area contributed by atoms with E-state index in [0.717, 1.165) is 11.8 Å². The van der Waals surface area contributed by atoms with Gasteiger partial charge >= 0.3 is 0 Å². The first-order valence-corrected chi connectivity index (χ1v) is 8.18. The van der Waals surface area contributed by atoms with Gasteiger partial charge in [0, 0.05) is 18.6 Å². The molecule has 4 unspecified atom stereocenters. The molecular weight excluding hydrogens is 234 g/mol. The number of rotatable bonds is 3. The first kappa shape index (κ1) is 15.3. The van der Waals surface area contributed by atoms with E-state index in [-0.39, 0.29) is 0 Å². The molecule has 1 aliphatic carbocycles. The summed E-state index contributed by atoms with van der Waals surface area (Å²) in [6, 6.07) is 1.33. The van der Waals surface area contributed by atoms with Gasteiger partial charge in [0.15, 0.2) is 0 Å². The summed E-state index contributed by atoms with van der Waals surface area (Å²) in [7, 11) is 6.77. The molecule has 4 atom stereocenters. The summed E-state index contributed by atoms with van der Waals surface area (Å²) in [6.07, 6.45) is 7.01. The third-order valence-electron chi connectivity index (χ3n) is 5.35. The molecule has 3 nitrogen and oxygen atoms in total. The van der Waals surface area contributed by atoms with Crippen LogP contribution in [0.2, 0.25) is 0 Å². The number of nitrogens with zero attached hydrogens (tertiary/aromatic N) is 2. The standard InChI is InChI=1S/C16H33N3/c1-13-7-5-8-14(11-13)16(17-2)15-12-18(3)9-6-10-19(15)4/h13-17H,5-12H2,1-4H3. The van der Waals surface area contributed by atoms with Gasteiger partial charge in [0.25, 0.3) is 0 Å². The summed E-state index contributed by atoms with van der Waals surface area (Å²) >= 11 is 0. The second-order valence-corrected chi connectivity index (χ2v) is 7.01. The van der Waals surface area contributed by atoms with Gasteiger partial charge in [0.2, 0.25) is 0 Å². The molecule has 0 aromatic carbocycles. The van der Waals surface area contributed by atoms with E-state index in [1.54, 1.807) is 0 Å². The van der Waals surface area contributed by atoms with Crippen LogP contribution in [0.5, 0.6) is 0 Å². The van der Waals surface area contributed by atoms with Crippen LogP contribution in [-0.2, 0) is 0 Å². The maximum absolute atomic E-state index is 3.67. The van der Waals surface area contributed by atoms with Gasteiger partial charge in [-0.15, -0.1) is 0 Å². The van der Waals surface area contributed by atoms with Gasteiger partial charge in [-0.3, -0.25) is 0 Å². The van der Waals surface area contributed by atoms with E-state index in [1.165, 1.54) is 51.7 Å². The summed E-state index contributed by atoms with van der Waals surface area (Å²) in [5, 5.41) is 3.67. The summed E-state index contributed by atoms with van der Waals surface area (Å²) in [5.74, 6) is 1.79. The molecular formula is C16H33N3. The second-order valence-electron chi connectivity index (χ2n) is 7.01. The van der Waals surface area contributed by atoms with E-state index in [4.69, 9.17) is 0 Å². The molecule has 2 fully saturated rings. The average Bonchev–Trinajstić information content (AvgIpc) is 2.53. The molecule has 3 heteroatoms. The summed E-state index contributed by atoms with van der Waals surface area (Å²) in [6.45, 7) is 6.14. The van der Waals surface area contributed by atoms with E-state index in [9.17, 15) is 0 Å². The number of hydrogen-bond acceptors (Lipinski definition) is 3. The fraction of sp³-hybridized carbons (Fsp3) is 1.00. The first-order chi connectivity index (χ1) is 9.11. The van der Waals surface area contributed by atoms with Gasteiger partial charge in [-0.25, -0.2) is 0 Å². The Kier molecular flexibility index (Phi) is 5.67. The van der Waals surface area contributed by atoms with E-state index in [2.05, 4.69) is 43.2 Å². The van der Waals surface area contributed by atoms with Crippen molar-refractivity contribution in [2.24, 2.45) is 11.8 Å². The Morgan fingerprint density at radius 2 is 1.89 bits per heavy atom. The third kappa shape index (κ3) is 3.93.